The van der Waals surface area contributed by atoms with E-state index in [2.05, 4.69) is 10.6 Å². The number of anilines is 2. The molecule has 1 aromatic carbocycles. The number of nitrogens with one attached hydrogen (secondary N) is 2. The van der Waals surface area contributed by atoms with Gasteiger partial charge in [0, 0.05) is 17.3 Å². The summed E-state index contributed by atoms with van der Waals surface area (Å²) in [5, 5.41) is 5.54. The molecule has 0 aliphatic rings. The maximum atomic E-state index is 11.9. The molecule has 0 bridgehead atoms. The van der Waals surface area contributed by atoms with Crippen molar-refractivity contribution in [1.29, 1.82) is 0 Å². The van der Waals surface area contributed by atoms with Gasteiger partial charge in [-0.15, -0.1) is 12.4 Å². The van der Waals surface area contributed by atoms with E-state index in [1.54, 1.807) is 24.3 Å². The molecule has 0 spiro atoms. The molecule has 0 aliphatic heterocycles. The molecule has 0 fully saturated rings. The Bertz CT molecular complexity index is 490. The number of benzene rings is 1. The predicted molar refractivity (Wildman–Crippen MR) is 88.6 cm³/mol. The van der Waals surface area contributed by atoms with Crippen molar-refractivity contribution < 1.29 is 9.59 Å². The molecule has 2 amide bonds. The minimum absolute atomic E-state index is 0. The van der Waals surface area contributed by atoms with Gasteiger partial charge in [-0.1, -0.05) is 33.8 Å². The van der Waals surface area contributed by atoms with Crippen molar-refractivity contribution in [1.82, 2.24) is 0 Å². The summed E-state index contributed by atoms with van der Waals surface area (Å²) in [6, 6.07) is 6.47. The van der Waals surface area contributed by atoms with Crippen molar-refractivity contribution >= 4 is 35.6 Å². The Hall–Kier alpha value is -1.59. The van der Waals surface area contributed by atoms with Crippen LogP contribution in [0.15, 0.2) is 24.3 Å². The molecule has 4 N–H and O–H groups in total. The highest BCUT2D eigenvalue weighted by atomic mass is 35.5. The van der Waals surface area contributed by atoms with Crippen LogP contribution in [0.3, 0.4) is 0 Å². The number of carbonyl (C=O) groups excluding carboxylic acids is 2. The van der Waals surface area contributed by atoms with Crippen LogP contribution in [0.2, 0.25) is 0 Å². The summed E-state index contributed by atoms with van der Waals surface area (Å²) >= 11 is 0. The SMILES string of the molecule is CC(C)C(=O)Nc1cccc(NC(=O)[C@H](N)C(C)C)c1.Cl. The van der Waals surface area contributed by atoms with Crippen molar-refractivity contribution in [2.75, 3.05) is 10.6 Å². The Kier molecular flexibility index (Phi) is 7.99. The van der Waals surface area contributed by atoms with Crippen LogP contribution < -0.4 is 16.4 Å². The van der Waals surface area contributed by atoms with Gasteiger partial charge in [-0.2, -0.15) is 0 Å². The molecule has 1 atom stereocenters. The van der Waals surface area contributed by atoms with E-state index in [0.29, 0.717) is 11.4 Å². The fourth-order valence-electron chi connectivity index (χ4n) is 1.49. The highest BCUT2D eigenvalue weighted by Gasteiger charge is 2.17. The van der Waals surface area contributed by atoms with E-state index in [0.717, 1.165) is 0 Å². The molecule has 21 heavy (non-hydrogen) atoms. The zero-order valence-corrected chi connectivity index (χ0v) is 13.7. The summed E-state index contributed by atoms with van der Waals surface area (Å²) in [6.07, 6.45) is 0. The second kappa shape index (κ2) is 8.64. The van der Waals surface area contributed by atoms with Crippen LogP contribution in [-0.4, -0.2) is 17.9 Å². The molecule has 1 aromatic rings. The van der Waals surface area contributed by atoms with Crippen molar-refractivity contribution in [3.8, 4) is 0 Å². The standard InChI is InChI=1S/C15H23N3O2.ClH/c1-9(2)13(16)15(20)18-12-7-5-6-11(8-12)17-14(19)10(3)4;/h5-10,13H,16H2,1-4H3,(H,17,19)(H,18,20);1H/t13-;/m1./s1. The zero-order valence-electron chi connectivity index (χ0n) is 12.8. The van der Waals surface area contributed by atoms with Gasteiger partial charge in [0.25, 0.3) is 0 Å². The number of carbonyl (C=O) groups is 2. The van der Waals surface area contributed by atoms with Gasteiger partial charge in [0.2, 0.25) is 11.8 Å². The molecule has 0 aromatic heterocycles. The number of hydrogen-bond donors (Lipinski definition) is 3. The molecule has 0 heterocycles. The van der Waals surface area contributed by atoms with Gasteiger partial charge in [0.05, 0.1) is 6.04 Å². The molecule has 118 valence electrons. The molecular formula is C15H24ClN3O2. The van der Waals surface area contributed by atoms with Gasteiger partial charge in [-0.25, -0.2) is 0 Å². The van der Waals surface area contributed by atoms with Crippen LogP contribution in [0.25, 0.3) is 0 Å². The molecule has 0 unspecified atom stereocenters. The van der Waals surface area contributed by atoms with Gasteiger partial charge in [0.15, 0.2) is 0 Å². The fourth-order valence-corrected chi connectivity index (χ4v) is 1.49. The third-order valence-corrected chi connectivity index (χ3v) is 2.94. The monoisotopic (exact) mass is 313 g/mol. The number of nitrogens with two attached hydrogens (primary N) is 1. The quantitative estimate of drug-likeness (QED) is 0.781. The molecule has 5 nitrogen and oxygen atoms in total. The Labute approximate surface area is 132 Å². The summed E-state index contributed by atoms with van der Waals surface area (Å²) in [4.78, 5) is 23.5. The van der Waals surface area contributed by atoms with Crippen molar-refractivity contribution in [2.24, 2.45) is 17.6 Å². The first kappa shape index (κ1) is 19.4. The smallest absolute Gasteiger partial charge is 0.241 e. The number of amides is 2. The van der Waals surface area contributed by atoms with Gasteiger partial charge < -0.3 is 16.4 Å². The second-order valence-corrected chi connectivity index (χ2v) is 5.48. The van der Waals surface area contributed by atoms with E-state index >= 15 is 0 Å². The third-order valence-electron chi connectivity index (χ3n) is 2.94. The van der Waals surface area contributed by atoms with E-state index in [4.69, 9.17) is 5.73 Å². The highest BCUT2D eigenvalue weighted by Crippen LogP contribution is 2.16. The van der Waals surface area contributed by atoms with Crippen molar-refractivity contribution in [3.05, 3.63) is 24.3 Å². The van der Waals surface area contributed by atoms with Crippen LogP contribution in [0, 0.1) is 11.8 Å². The minimum atomic E-state index is -0.552. The van der Waals surface area contributed by atoms with E-state index in [1.165, 1.54) is 0 Å². The van der Waals surface area contributed by atoms with Crippen LogP contribution in [0.4, 0.5) is 11.4 Å². The molecule has 1 rings (SSSR count). The molecule has 0 radical (unpaired) electrons. The van der Waals surface area contributed by atoms with Crippen LogP contribution in [0.1, 0.15) is 27.7 Å². The van der Waals surface area contributed by atoms with Gasteiger partial charge >= 0.3 is 0 Å². The van der Waals surface area contributed by atoms with Crippen LogP contribution >= 0.6 is 12.4 Å². The van der Waals surface area contributed by atoms with Crippen molar-refractivity contribution in [2.45, 2.75) is 33.7 Å². The second-order valence-electron chi connectivity index (χ2n) is 5.48. The van der Waals surface area contributed by atoms with Gasteiger partial charge in [0.1, 0.15) is 0 Å². The lowest BCUT2D eigenvalue weighted by Gasteiger charge is -2.16. The molecule has 0 aliphatic carbocycles. The summed E-state index contributed by atoms with van der Waals surface area (Å²) in [6.45, 7) is 7.43. The van der Waals surface area contributed by atoms with E-state index < -0.39 is 6.04 Å². The first-order valence-electron chi connectivity index (χ1n) is 6.78. The predicted octanol–water partition coefficient (Wildman–Crippen LogP) is 2.62. The Morgan fingerprint density at radius 2 is 1.48 bits per heavy atom. The Balaban J connectivity index is 0.00000400. The summed E-state index contributed by atoms with van der Waals surface area (Å²) in [5.74, 6) is -0.318. The lowest BCUT2D eigenvalue weighted by atomic mass is 10.0. The lowest BCUT2D eigenvalue weighted by molar-refractivity contribution is -0.119. The maximum absolute atomic E-state index is 11.9. The topological polar surface area (TPSA) is 84.2 Å². The van der Waals surface area contributed by atoms with Crippen molar-refractivity contribution in [3.63, 3.8) is 0 Å². The number of hydrogen-bond acceptors (Lipinski definition) is 3. The molecule has 6 heteroatoms. The summed E-state index contributed by atoms with van der Waals surface area (Å²) in [5.41, 5.74) is 7.06. The summed E-state index contributed by atoms with van der Waals surface area (Å²) < 4.78 is 0. The third kappa shape index (κ3) is 6.14. The average molecular weight is 314 g/mol. The Morgan fingerprint density at radius 3 is 1.90 bits per heavy atom. The Morgan fingerprint density at radius 1 is 1.00 bits per heavy atom. The zero-order chi connectivity index (χ0) is 15.3. The largest absolute Gasteiger partial charge is 0.326 e. The fraction of sp³-hybridized carbons (Fsp3) is 0.467. The first-order valence-corrected chi connectivity index (χ1v) is 6.78. The molecular weight excluding hydrogens is 290 g/mol. The number of rotatable bonds is 5. The van der Waals surface area contributed by atoms with Gasteiger partial charge in [-0.3, -0.25) is 9.59 Å². The number of halogens is 1. The maximum Gasteiger partial charge on any atom is 0.241 e. The lowest BCUT2D eigenvalue weighted by Crippen LogP contribution is -2.39. The van der Waals surface area contributed by atoms with E-state index in [1.807, 2.05) is 27.7 Å². The summed E-state index contributed by atoms with van der Waals surface area (Å²) in [7, 11) is 0. The average Bonchev–Trinajstić information content (AvgIpc) is 2.37. The van der Waals surface area contributed by atoms with E-state index in [-0.39, 0.29) is 36.1 Å². The minimum Gasteiger partial charge on any atom is -0.326 e. The van der Waals surface area contributed by atoms with Crippen LogP contribution in [-0.2, 0) is 9.59 Å². The van der Waals surface area contributed by atoms with Gasteiger partial charge in [-0.05, 0) is 24.1 Å². The molecule has 0 saturated carbocycles. The molecule has 0 saturated heterocycles. The van der Waals surface area contributed by atoms with E-state index in [9.17, 15) is 9.59 Å². The normalized spacial score (nSPS) is 11.8. The first-order chi connectivity index (χ1) is 9.31. The van der Waals surface area contributed by atoms with Crippen LogP contribution in [0.5, 0.6) is 0 Å². The highest BCUT2D eigenvalue weighted by molar-refractivity contribution is 5.96.